The average Bonchev–Trinajstić information content (AvgIpc) is 2.26. The lowest BCUT2D eigenvalue weighted by Crippen LogP contribution is -2.17. The summed E-state index contributed by atoms with van der Waals surface area (Å²) in [5, 5.41) is 0.469. The van der Waals surface area contributed by atoms with E-state index in [1.165, 1.54) is 31.5 Å². The van der Waals surface area contributed by atoms with Crippen molar-refractivity contribution in [2.24, 2.45) is 0 Å². The lowest BCUT2D eigenvalue weighted by Gasteiger charge is -2.10. The van der Waals surface area contributed by atoms with Crippen molar-refractivity contribution in [1.82, 2.24) is 4.98 Å². The zero-order chi connectivity index (χ0) is 12.5. The van der Waals surface area contributed by atoms with Crippen LogP contribution in [-0.2, 0) is 0 Å². The van der Waals surface area contributed by atoms with Crippen molar-refractivity contribution in [2.45, 2.75) is 6.36 Å². The summed E-state index contributed by atoms with van der Waals surface area (Å²) in [6.45, 7) is 0. The number of aromatic nitrogens is 1. The lowest BCUT2D eigenvalue weighted by atomic mass is 10.2. The van der Waals surface area contributed by atoms with Gasteiger partial charge in [0.25, 0.3) is 0 Å². The third-order valence-electron chi connectivity index (χ3n) is 2.13. The Balaban J connectivity index is 2.48. The molecule has 2 rings (SSSR count). The highest BCUT2D eigenvalue weighted by atomic mass is 19.4. The van der Waals surface area contributed by atoms with Crippen molar-refractivity contribution in [3.8, 4) is 11.5 Å². The van der Waals surface area contributed by atoms with Crippen LogP contribution < -0.4 is 9.47 Å². The predicted octanol–water partition coefficient (Wildman–Crippen LogP) is 3.14. The van der Waals surface area contributed by atoms with E-state index in [1.807, 2.05) is 0 Å². The van der Waals surface area contributed by atoms with Crippen molar-refractivity contribution in [2.75, 3.05) is 7.11 Å². The zero-order valence-electron chi connectivity index (χ0n) is 8.78. The Morgan fingerprint density at radius 2 is 1.94 bits per heavy atom. The van der Waals surface area contributed by atoms with Gasteiger partial charge in [-0.3, -0.25) is 4.98 Å². The normalized spacial score (nSPS) is 11.5. The van der Waals surface area contributed by atoms with E-state index in [0.717, 1.165) is 0 Å². The number of hydrogen-bond donors (Lipinski definition) is 0. The molecule has 0 fully saturated rings. The number of nitrogens with zero attached hydrogens (tertiary/aromatic N) is 1. The van der Waals surface area contributed by atoms with Gasteiger partial charge < -0.3 is 9.47 Å². The van der Waals surface area contributed by atoms with Gasteiger partial charge in [0.1, 0.15) is 11.5 Å². The molecule has 0 saturated heterocycles. The number of hydrogen-bond acceptors (Lipinski definition) is 3. The van der Waals surface area contributed by atoms with Crippen molar-refractivity contribution in [3.05, 3.63) is 30.5 Å². The van der Waals surface area contributed by atoms with Gasteiger partial charge in [-0.1, -0.05) is 0 Å². The highest BCUT2D eigenvalue weighted by Crippen LogP contribution is 2.30. The number of fused-ring (bicyclic) bond motifs is 1. The van der Waals surface area contributed by atoms with E-state index in [-0.39, 0.29) is 5.75 Å². The second-order valence-corrected chi connectivity index (χ2v) is 3.24. The van der Waals surface area contributed by atoms with Gasteiger partial charge >= 0.3 is 6.36 Å². The van der Waals surface area contributed by atoms with Gasteiger partial charge in [-0.15, -0.1) is 13.2 Å². The summed E-state index contributed by atoms with van der Waals surface area (Å²) >= 11 is 0. The first kappa shape index (κ1) is 11.5. The van der Waals surface area contributed by atoms with Crippen LogP contribution in [0.25, 0.3) is 10.9 Å². The summed E-state index contributed by atoms with van der Waals surface area (Å²) in [5.74, 6) is 0.152. The van der Waals surface area contributed by atoms with E-state index in [9.17, 15) is 13.2 Å². The molecule has 17 heavy (non-hydrogen) atoms. The molecule has 0 aliphatic carbocycles. The van der Waals surface area contributed by atoms with Gasteiger partial charge in [0.15, 0.2) is 0 Å². The maximum absolute atomic E-state index is 12.1. The predicted molar refractivity (Wildman–Crippen MR) is 55.0 cm³/mol. The number of benzene rings is 1. The molecular formula is C11H8F3NO2. The van der Waals surface area contributed by atoms with Crippen LogP contribution in [0.3, 0.4) is 0 Å². The van der Waals surface area contributed by atoms with Crippen LogP contribution in [-0.4, -0.2) is 18.5 Å². The summed E-state index contributed by atoms with van der Waals surface area (Å²) in [6.07, 6.45) is -3.19. The van der Waals surface area contributed by atoms with Gasteiger partial charge in [-0.05, 0) is 24.3 Å². The molecule has 0 aliphatic rings. The number of alkyl halides is 3. The maximum atomic E-state index is 12.1. The Hall–Kier alpha value is -1.98. The Kier molecular flexibility index (Phi) is 2.79. The molecule has 0 spiro atoms. The minimum atomic E-state index is -4.71. The number of halogens is 3. The van der Waals surface area contributed by atoms with Crippen molar-refractivity contribution >= 4 is 10.9 Å². The van der Waals surface area contributed by atoms with Crippen LogP contribution in [0.1, 0.15) is 0 Å². The number of methoxy groups -OCH3 is 1. The third-order valence-corrected chi connectivity index (χ3v) is 2.13. The summed E-state index contributed by atoms with van der Waals surface area (Å²) in [6, 6.07) is 5.47. The molecule has 6 heteroatoms. The molecule has 0 N–H and O–H groups in total. The topological polar surface area (TPSA) is 31.4 Å². The molecule has 1 aromatic heterocycles. The Morgan fingerprint density at radius 1 is 1.18 bits per heavy atom. The molecule has 0 unspecified atom stereocenters. The molecule has 0 aliphatic heterocycles. The third kappa shape index (κ3) is 2.58. The van der Waals surface area contributed by atoms with Crippen LogP contribution in [0.4, 0.5) is 13.2 Å². The van der Waals surface area contributed by atoms with Gasteiger partial charge in [-0.25, -0.2) is 0 Å². The monoisotopic (exact) mass is 243 g/mol. The minimum Gasteiger partial charge on any atom is -0.496 e. The molecule has 2 aromatic rings. The van der Waals surface area contributed by atoms with Gasteiger partial charge in [0.2, 0.25) is 0 Å². The summed E-state index contributed by atoms with van der Waals surface area (Å²) in [5.41, 5.74) is 0.541. The fourth-order valence-electron chi connectivity index (χ4n) is 1.48. The molecule has 1 heterocycles. The quantitative estimate of drug-likeness (QED) is 0.811. The number of ether oxygens (including phenoxy) is 2. The lowest BCUT2D eigenvalue weighted by molar-refractivity contribution is -0.274. The van der Waals surface area contributed by atoms with E-state index in [4.69, 9.17) is 4.74 Å². The second kappa shape index (κ2) is 4.12. The van der Waals surface area contributed by atoms with E-state index in [0.29, 0.717) is 16.7 Å². The molecule has 3 nitrogen and oxygen atoms in total. The van der Waals surface area contributed by atoms with Crippen LogP contribution in [0.15, 0.2) is 30.5 Å². The van der Waals surface area contributed by atoms with Crippen molar-refractivity contribution < 1.29 is 22.6 Å². The summed E-state index contributed by atoms with van der Waals surface area (Å²) in [4.78, 5) is 4.01. The molecule has 1 aromatic carbocycles. The highest BCUT2D eigenvalue weighted by Gasteiger charge is 2.31. The Bertz CT molecular complexity index is 540. The molecule has 0 radical (unpaired) electrons. The van der Waals surface area contributed by atoms with E-state index < -0.39 is 6.36 Å². The molecule has 0 bridgehead atoms. The molecular weight excluding hydrogens is 235 g/mol. The summed E-state index contributed by atoms with van der Waals surface area (Å²) < 4.78 is 45.0. The minimum absolute atomic E-state index is 0.295. The first-order valence-electron chi connectivity index (χ1n) is 4.68. The Morgan fingerprint density at radius 3 is 2.59 bits per heavy atom. The van der Waals surface area contributed by atoms with Gasteiger partial charge in [-0.2, -0.15) is 0 Å². The number of pyridine rings is 1. The van der Waals surface area contributed by atoms with Gasteiger partial charge in [0, 0.05) is 11.6 Å². The smallest absolute Gasteiger partial charge is 0.496 e. The van der Waals surface area contributed by atoms with Crippen LogP contribution in [0.5, 0.6) is 11.5 Å². The van der Waals surface area contributed by atoms with Crippen LogP contribution in [0, 0.1) is 0 Å². The van der Waals surface area contributed by atoms with E-state index in [2.05, 4.69) is 9.72 Å². The number of rotatable bonds is 2. The Labute approximate surface area is 94.8 Å². The highest BCUT2D eigenvalue weighted by molar-refractivity contribution is 5.86. The first-order valence-corrected chi connectivity index (χ1v) is 4.68. The van der Waals surface area contributed by atoms with Crippen molar-refractivity contribution in [1.29, 1.82) is 0 Å². The van der Waals surface area contributed by atoms with Crippen LogP contribution >= 0.6 is 0 Å². The van der Waals surface area contributed by atoms with Crippen molar-refractivity contribution in [3.63, 3.8) is 0 Å². The molecule has 0 saturated carbocycles. The van der Waals surface area contributed by atoms with E-state index in [1.54, 1.807) is 6.07 Å². The SMILES string of the molecule is COc1ccnc2ccc(OC(F)(F)F)cc12. The van der Waals surface area contributed by atoms with Gasteiger partial charge in [0.05, 0.1) is 12.6 Å². The maximum Gasteiger partial charge on any atom is 0.573 e. The molecule has 90 valence electrons. The average molecular weight is 243 g/mol. The fraction of sp³-hybridized carbons (Fsp3) is 0.182. The fourth-order valence-corrected chi connectivity index (χ4v) is 1.48. The molecule has 0 atom stereocenters. The zero-order valence-corrected chi connectivity index (χ0v) is 8.78. The van der Waals surface area contributed by atoms with Crippen LogP contribution in [0.2, 0.25) is 0 Å². The first-order chi connectivity index (χ1) is 7.99. The largest absolute Gasteiger partial charge is 0.573 e. The molecule has 0 amide bonds. The van der Waals surface area contributed by atoms with E-state index >= 15 is 0 Å². The summed E-state index contributed by atoms with van der Waals surface area (Å²) in [7, 11) is 1.44. The second-order valence-electron chi connectivity index (χ2n) is 3.24. The standard InChI is InChI=1S/C11H8F3NO2/c1-16-10-4-5-15-9-3-2-7(6-8(9)10)17-11(12,13)14/h2-6H,1H3.